The van der Waals surface area contributed by atoms with Crippen molar-refractivity contribution < 1.29 is 29.6 Å². The van der Waals surface area contributed by atoms with Crippen molar-refractivity contribution in [1.29, 1.82) is 0 Å². The maximum atomic E-state index is 13.0. The molecular weight excluding hydrogens is 432 g/mol. The van der Waals surface area contributed by atoms with Gasteiger partial charge in [-0.2, -0.15) is 0 Å². The predicted molar refractivity (Wildman–Crippen MR) is 128 cm³/mol. The molecule has 186 valence electrons. The van der Waals surface area contributed by atoms with Gasteiger partial charge >= 0.3 is 5.97 Å². The van der Waals surface area contributed by atoms with Crippen molar-refractivity contribution in [3.8, 4) is 0 Å². The zero-order chi connectivity index (χ0) is 25.1. The van der Waals surface area contributed by atoms with E-state index >= 15 is 0 Å². The molecule has 4 aliphatic rings. The van der Waals surface area contributed by atoms with Crippen LogP contribution in [0, 0.1) is 35.0 Å². The molecule has 0 saturated heterocycles. The van der Waals surface area contributed by atoms with Gasteiger partial charge in [0.15, 0.2) is 5.78 Å². The molecule has 4 aliphatic carbocycles. The van der Waals surface area contributed by atoms with Crippen LogP contribution in [0.5, 0.6) is 0 Å². The van der Waals surface area contributed by atoms with Crippen LogP contribution in [-0.4, -0.2) is 51.0 Å². The lowest BCUT2D eigenvalue weighted by Crippen LogP contribution is -2.62. The Hall–Kier alpha value is -2.02. The first-order chi connectivity index (χ1) is 16.0. The van der Waals surface area contributed by atoms with Gasteiger partial charge in [-0.3, -0.25) is 4.79 Å². The number of carbonyl (C=O) groups is 2. The number of fused-ring (bicyclic) bond motifs is 5. The molecule has 0 bridgehead atoms. The van der Waals surface area contributed by atoms with Crippen LogP contribution >= 0.6 is 0 Å². The summed E-state index contributed by atoms with van der Waals surface area (Å²) in [5.74, 6) is -3.02. The quantitative estimate of drug-likeness (QED) is 0.238. The summed E-state index contributed by atoms with van der Waals surface area (Å²) in [5.41, 5.74) is -2.02. The highest BCUT2D eigenvalue weighted by atomic mass is 16.6. The molecule has 4 rings (SSSR count). The molecule has 0 aromatic heterocycles. The van der Waals surface area contributed by atoms with Crippen LogP contribution in [0.4, 0.5) is 0 Å². The highest BCUT2D eigenvalue weighted by Gasteiger charge is 2.84. The van der Waals surface area contributed by atoms with Gasteiger partial charge in [0.25, 0.3) is 0 Å². The van der Waals surface area contributed by atoms with Crippen LogP contribution in [0.25, 0.3) is 0 Å². The standard InChI is InChI=1S/C28H38O6/c1-6-7-8-9-10-11-22(30)34-25-17(3)27(32)20-12-16(2)23(31)19(20)13-18(15-29)14-21(27)24-26(4,5)28(24,25)33/h8-12,14,17,19-21,24-25,29,32-33H,6-7,13,15H2,1-5H3/b9-8+,11-10-/t17-,19-,20-,21+,24-,25-,27+,28-/m1/s1. The first-order valence-corrected chi connectivity index (χ1v) is 12.5. The average molecular weight is 471 g/mol. The fourth-order valence-corrected chi connectivity index (χ4v) is 7.18. The van der Waals surface area contributed by atoms with Gasteiger partial charge in [-0.15, -0.1) is 0 Å². The Labute approximate surface area is 202 Å². The van der Waals surface area contributed by atoms with E-state index in [4.69, 9.17) is 4.74 Å². The summed E-state index contributed by atoms with van der Waals surface area (Å²) in [4.78, 5) is 25.7. The zero-order valence-corrected chi connectivity index (χ0v) is 20.8. The lowest BCUT2D eigenvalue weighted by molar-refractivity contribution is -0.207. The Morgan fingerprint density at radius 3 is 2.56 bits per heavy atom. The highest BCUT2D eigenvalue weighted by Crippen LogP contribution is 2.75. The van der Waals surface area contributed by atoms with Crippen molar-refractivity contribution in [2.45, 2.75) is 71.2 Å². The Kier molecular flexibility index (Phi) is 6.33. The molecule has 6 nitrogen and oxygen atoms in total. The van der Waals surface area contributed by atoms with Crippen molar-refractivity contribution in [3.05, 3.63) is 47.6 Å². The van der Waals surface area contributed by atoms with Crippen molar-refractivity contribution in [2.75, 3.05) is 6.61 Å². The summed E-state index contributed by atoms with van der Waals surface area (Å²) in [5, 5.41) is 34.3. The molecular formula is C28H38O6. The van der Waals surface area contributed by atoms with E-state index in [0.29, 0.717) is 17.6 Å². The van der Waals surface area contributed by atoms with Crippen LogP contribution in [0.2, 0.25) is 0 Å². The monoisotopic (exact) mass is 470 g/mol. The number of hydrogen-bond donors (Lipinski definition) is 3. The molecule has 34 heavy (non-hydrogen) atoms. The Bertz CT molecular complexity index is 987. The van der Waals surface area contributed by atoms with Gasteiger partial charge in [-0.05, 0) is 30.9 Å². The van der Waals surface area contributed by atoms with Gasteiger partial charge in [0.05, 0.1) is 12.2 Å². The third kappa shape index (κ3) is 3.41. The molecule has 8 atom stereocenters. The Morgan fingerprint density at radius 1 is 1.21 bits per heavy atom. The number of ether oxygens (including phenoxy) is 1. The van der Waals surface area contributed by atoms with Gasteiger partial charge in [0.1, 0.15) is 11.7 Å². The number of unbranched alkanes of at least 4 members (excludes halogenated alkanes) is 1. The number of carbonyl (C=O) groups excluding carboxylic acids is 2. The topological polar surface area (TPSA) is 104 Å². The molecule has 0 radical (unpaired) electrons. The molecule has 2 saturated carbocycles. The van der Waals surface area contributed by atoms with Crippen LogP contribution in [0.15, 0.2) is 47.6 Å². The molecule has 0 spiro atoms. The van der Waals surface area contributed by atoms with Crippen molar-refractivity contribution >= 4 is 11.8 Å². The molecule has 2 fully saturated rings. The number of aliphatic hydroxyl groups excluding tert-OH is 1. The lowest BCUT2D eigenvalue weighted by Gasteiger charge is -2.51. The predicted octanol–water partition coefficient (Wildman–Crippen LogP) is 3.28. The fourth-order valence-electron chi connectivity index (χ4n) is 7.18. The number of Topliss-reactive ketones (excluding diaryl/α,β-unsaturated/α-hetero) is 1. The molecule has 0 amide bonds. The summed E-state index contributed by atoms with van der Waals surface area (Å²) in [6.45, 7) is 9.30. The van der Waals surface area contributed by atoms with Crippen molar-refractivity contribution in [3.63, 3.8) is 0 Å². The summed E-state index contributed by atoms with van der Waals surface area (Å²) < 4.78 is 5.87. The van der Waals surface area contributed by atoms with E-state index in [-0.39, 0.29) is 18.3 Å². The normalized spacial score (nSPS) is 42.5. The van der Waals surface area contributed by atoms with E-state index in [1.165, 1.54) is 6.08 Å². The van der Waals surface area contributed by atoms with Crippen molar-refractivity contribution in [2.24, 2.45) is 35.0 Å². The minimum absolute atomic E-state index is 0.0168. The number of rotatable bonds is 6. The maximum Gasteiger partial charge on any atom is 0.331 e. The van der Waals surface area contributed by atoms with Crippen LogP contribution in [-0.2, 0) is 14.3 Å². The lowest BCUT2D eigenvalue weighted by atomic mass is 9.60. The Morgan fingerprint density at radius 2 is 1.91 bits per heavy atom. The second kappa shape index (κ2) is 8.58. The number of esters is 1. The number of ketones is 1. The van der Waals surface area contributed by atoms with Crippen molar-refractivity contribution in [1.82, 2.24) is 0 Å². The summed E-state index contributed by atoms with van der Waals surface area (Å²) in [6, 6.07) is 0. The second-order valence-electron chi connectivity index (χ2n) is 11.2. The number of allylic oxidation sites excluding steroid dienone is 4. The molecule has 3 N–H and O–H groups in total. The molecule has 0 unspecified atom stereocenters. The van der Waals surface area contributed by atoms with E-state index in [1.807, 2.05) is 32.1 Å². The van der Waals surface area contributed by atoms with E-state index < -0.39 is 52.4 Å². The third-order valence-corrected chi connectivity index (χ3v) is 9.11. The first kappa shape index (κ1) is 25.1. The van der Waals surface area contributed by atoms with Gasteiger partial charge in [0.2, 0.25) is 0 Å². The minimum atomic E-state index is -1.41. The summed E-state index contributed by atoms with van der Waals surface area (Å²) in [6.07, 6.45) is 11.8. The average Bonchev–Trinajstić information content (AvgIpc) is 3.15. The number of hydrogen-bond acceptors (Lipinski definition) is 6. The molecule has 0 aliphatic heterocycles. The highest BCUT2D eigenvalue weighted by molar-refractivity contribution is 6.00. The third-order valence-electron chi connectivity index (χ3n) is 9.11. The molecule has 0 heterocycles. The second-order valence-corrected chi connectivity index (χ2v) is 11.2. The summed E-state index contributed by atoms with van der Waals surface area (Å²) >= 11 is 0. The molecule has 0 aromatic carbocycles. The number of aliphatic hydroxyl groups is 3. The SMILES string of the molecule is CCC/C=C/C=C\C(=O)O[C@@H]1[C@@H](C)[C@]2(O)[C@@H]3C=C(C)C(=O)[C@@H]3CC(CO)=C[C@H]2[C@@H]2C(C)(C)[C@]12O. The Balaban J connectivity index is 1.73. The van der Waals surface area contributed by atoms with Gasteiger partial charge in [-0.25, -0.2) is 4.79 Å². The maximum absolute atomic E-state index is 13.0. The van der Waals surface area contributed by atoms with Crippen LogP contribution in [0.1, 0.15) is 53.9 Å². The van der Waals surface area contributed by atoms with Gasteiger partial charge in [0, 0.05) is 41.1 Å². The van der Waals surface area contributed by atoms with Crippen LogP contribution in [0.3, 0.4) is 0 Å². The molecule has 0 aromatic rings. The largest absolute Gasteiger partial charge is 0.456 e. The zero-order valence-electron chi connectivity index (χ0n) is 20.8. The van der Waals surface area contributed by atoms with E-state index in [0.717, 1.165) is 12.8 Å². The van der Waals surface area contributed by atoms with Gasteiger partial charge < -0.3 is 20.1 Å². The smallest absolute Gasteiger partial charge is 0.331 e. The van der Waals surface area contributed by atoms with Gasteiger partial charge in [-0.1, -0.05) is 64.5 Å². The van der Waals surface area contributed by atoms with E-state index in [2.05, 4.69) is 6.92 Å². The van der Waals surface area contributed by atoms with Crippen LogP contribution < -0.4 is 0 Å². The molecule has 6 heteroatoms. The van der Waals surface area contributed by atoms with E-state index in [1.54, 1.807) is 26.0 Å². The fraction of sp³-hybridized carbons (Fsp3) is 0.643. The summed E-state index contributed by atoms with van der Waals surface area (Å²) in [7, 11) is 0. The van der Waals surface area contributed by atoms with E-state index in [9.17, 15) is 24.9 Å². The minimum Gasteiger partial charge on any atom is -0.456 e. The first-order valence-electron chi connectivity index (χ1n) is 12.5.